The Morgan fingerprint density at radius 2 is 2.16 bits per heavy atom. The molecule has 0 aromatic carbocycles. The van der Waals surface area contributed by atoms with Crippen molar-refractivity contribution in [3.63, 3.8) is 0 Å². The molecule has 1 rings (SSSR count). The van der Waals surface area contributed by atoms with E-state index in [1.165, 1.54) is 6.21 Å². The van der Waals surface area contributed by atoms with Crippen LogP contribution in [0.2, 0.25) is 0 Å². The van der Waals surface area contributed by atoms with Crippen molar-refractivity contribution in [1.29, 1.82) is 0 Å². The molecule has 0 aliphatic carbocycles. The van der Waals surface area contributed by atoms with Crippen molar-refractivity contribution < 1.29 is 9.18 Å². The topological polar surface area (TPSA) is 84.7 Å². The van der Waals surface area contributed by atoms with Crippen LogP contribution >= 0.6 is 0 Å². The highest BCUT2D eigenvalue weighted by Crippen LogP contribution is 2.23. The van der Waals surface area contributed by atoms with Gasteiger partial charge in [-0.15, -0.1) is 0 Å². The fraction of sp³-hybridized carbons (Fsp3) is 0.538. The van der Waals surface area contributed by atoms with Crippen LogP contribution in [0.4, 0.5) is 4.39 Å². The molecule has 0 aromatic heterocycles. The number of aliphatic imine (C=N–C) groups is 1. The minimum absolute atomic E-state index is 0.102. The van der Waals surface area contributed by atoms with Crippen LogP contribution in [0.1, 0.15) is 20.8 Å². The van der Waals surface area contributed by atoms with E-state index in [0.29, 0.717) is 29.7 Å². The summed E-state index contributed by atoms with van der Waals surface area (Å²) in [5, 5.41) is 0. The molecule has 0 fully saturated rings. The second-order valence-electron chi connectivity index (χ2n) is 5.44. The first-order valence-corrected chi connectivity index (χ1v) is 6.10. The maximum absolute atomic E-state index is 12.3. The molecule has 5 nitrogen and oxygen atoms in total. The molecule has 0 saturated carbocycles. The van der Waals surface area contributed by atoms with Gasteiger partial charge in [0.25, 0.3) is 5.91 Å². The largest absolute Gasteiger partial charge is 0.400 e. The van der Waals surface area contributed by atoms with E-state index in [9.17, 15) is 9.18 Å². The van der Waals surface area contributed by atoms with E-state index < -0.39 is 0 Å². The SMILES string of the molecule is CC(C)(C)N1CC(N)=C(C=NC/C(=C/F)CN)C1=O. The zero-order chi connectivity index (χ0) is 14.6. The molecule has 106 valence electrons. The minimum atomic E-state index is -0.293. The maximum Gasteiger partial charge on any atom is 0.258 e. The van der Waals surface area contributed by atoms with Crippen LogP contribution in [0.15, 0.2) is 28.2 Å². The molecule has 0 spiro atoms. The number of nitrogens with zero attached hydrogens (tertiary/aromatic N) is 2. The summed E-state index contributed by atoms with van der Waals surface area (Å²) >= 11 is 0. The third-order valence-electron chi connectivity index (χ3n) is 2.89. The quantitative estimate of drug-likeness (QED) is 0.737. The maximum atomic E-state index is 12.3. The van der Waals surface area contributed by atoms with Crippen LogP contribution in [0.5, 0.6) is 0 Å². The van der Waals surface area contributed by atoms with Crippen molar-refractivity contribution in [3.05, 3.63) is 23.2 Å². The van der Waals surface area contributed by atoms with Crippen molar-refractivity contribution in [2.45, 2.75) is 26.3 Å². The Bertz CT molecular complexity index is 446. The van der Waals surface area contributed by atoms with E-state index in [1.807, 2.05) is 20.8 Å². The van der Waals surface area contributed by atoms with Gasteiger partial charge in [-0.1, -0.05) is 0 Å². The van der Waals surface area contributed by atoms with Gasteiger partial charge in [0.05, 0.1) is 25.0 Å². The lowest BCUT2D eigenvalue weighted by atomic mass is 10.1. The van der Waals surface area contributed by atoms with Crippen LogP contribution in [0.3, 0.4) is 0 Å². The number of hydrogen-bond donors (Lipinski definition) is 2. The van der Waals surface area contributed by atoms with Gasteiger partial charge >= 0.3 is 0 Å². The van der Waals surface area contributed by atoms with Crippen LogP contribution in [0, 0.1) is 0 Å². The van der Waals surface area contributed by atoms with Crippen LogP contribution in [-0.4, -0.2) is 42.2 Å². The Hall–Kier alpha value is -1.69. The zero-order valence-electron chi connectivity index (χ0n) is 11.6. The van der Waals surface area contributed by atoms with Gasteiger partial charge in [0.1, 0.15) is 0 Å². The highest BCUT2D eigenvalue weighted by Gasteiger charge is 2.34. The molecule has 0 unspecified atom stereocenters. The molecule has 0 radical (unpaired) electrons. The van der Waals surface area contributed by atoms with Crippen LogP contribution < -0.4 is 11.5 Å². The molecule has 1 heterocycles. The van der Waals surface area contributed by atoms with E-state index in [4.69, 9.17) is 11.5 Å². The Labute approximate surface area is 112 Å². The van der Waals surface area contributed by atoms with Gasteiger partial charge in [0.2, 0.25) is 0 Å². The molecular weight excluding hydrogens is 247 g/mol. The molecule has 0 saturated heterocycles. The Morgan fingerprint density at radius 3 is 2.58 bits per heavy atom. The average molecular weight is 268 g/mol. The van der Waals surface area contributed by atoms with Gasteiger partial charge in [0, 0.05) is 24.0 Å². The van der Waals surface area contributed by atoms with E-state index in [2.05, 4.69) is 4.99 Å². The molecule has 6 heteroatoms. The first kappa shape index (κ1) is 15.4. The summed E-state index contributed by atoms with van der Waals surface area (Å²) in [7, 11) is 0. The molecule has 19 heavy (non-hydrogen) atoms. The number of nitrogens with two attached hydrogens (primary N) is 2. The van der Waals surface area contributed by atoms with Crippen LogP contribution in [-0.2, 0) is 4.79 Å². The Morgan fingerprint density at radius 1 is 1.53 bits per heavy atom. The monoisotopic (exact) mass is 268 g/mol. The molecule has 0 bridgehead atoms. The van der Waals surface area contributed by atoms with E-state index in [-0.39, 0.29) is 24.5 Å². The molecule has 1 amide bonds. The predicted molar refractivity (Wildman–Crippen MR) is 74.3 cm³/mol. The number of carbonyl (C=O) groups excluding carboxylic acids is 1. The first-order chi connectivity index (χ1) is 8.81. The smallest absolute Gasteiger partial charge is 0.258 e. The van der Waals surface area contributed by atoms with Crippen molar-refractivity contribution in [2.24, 2.45) is 16.5 Å². The van der Waals surface area contributed by atoms with Gasteiger partial charge in [0.15, 0.2) is 0 Å². The summed E-state index contributed by atoms with van der Waals surface area (Å²) in [5.74, 6) is -0.146. The molecule has 0 atom stereocenters. The first-order valence-electron chi connectivity index (χ1n) is 6.10. The number of carbonyl (C=O) groups is 1. The van der Waals surface area contributed by atoms with Gasteiger partial charge < -0.3 is 16.4 Å². The second kappa shape index (κ2) is 5.97. The van der Waals surface area contributed by atoms with Gasteiger partial charge in [-0.05, 0) is 26.3 Å². The number of hydrogen-bond acceptors (Lipinski definition) is 4. The third kappa shape index (κ3) is 3.64. The lowest BCUT2D eigenvalue weighted by Gasteiger charge is -2.31. The van der Waals surface area contributed by atoms with Crippen molar-refractivity contribution in [3.8, 4) is 0 Å². The summed E-state index contributed by atoms with van der Waals surface area (Å²) in [6, 6.07) is 0. The summed E-state index contributed by atoms with van der Waals surface area (Å²) < 4.78 is 12.3. The van der Waals surface area contributed by atoms with E-state index in [0.717, 1.165) is 0 Å². The minimum Gasteiger partial charge on any atom is -0.400 e. The Balaban J connectivity index is 2.77. The third-order valence-corrected chi connectivity index (χ3v) is 2.89. The van der Waals surface area contributed by atoms with Gasteiger partial charge in [-0.3, -0.25) is 9.79 Å². The summed E-state index contributed by atoms with van der Waals surface area (Å²) in [6.07, 6.45) is 1.84. The summed E-state index contributed by atoms with van der Waals surface area (Å²) in [4.78, 5) is 17.9. The van der Waals surface area contributed by atoms with Crippen molar-refractivity contribution >= 4 is 12.1 Å². The van der Waals surface area contributed by atoms with E-state index in [1.54, 1.807) is 4.90 Å². The number of halogens is 1. The molecule has 1 aliphatic rings. The fourth-order valence-electron chi connectivity index (χ4n) is 1.69. The van der Waals surface area contributed by atoms with Crippen molar-refractivity contribution in [1.82, 2.24) is 4.90 Å². The normalized spacial score (nSPS) is 18.1. The molecule has 4 N–H and O–H groups in total. The standard InChI is InChI=1S/C13H21FN4O/c1-13(2,3)18-8-11(16)10(12(18)19)7-17-6-9(4-14)5-15/h4,7H,5-6,8,15-16H2,1-3H3/b9-4+,17-7?. The average Bonchev–Trinajstić information content (AvgIpc) is 2.61. The fourth-order valence-corrected chi connectivity index (χ4v) is 1.69. The molecular formula is C13H21FN4O. The van der Waals surface area contributed by atoms with E-state index >= 15 is 0 Å². The molecule has 0 aromatic rings. The number of rotatable bonds is 4. The van der Waals surface area contributed by atoms with Gasteiger partial charge in [-0.2, -0.15) is 0 Å². The lowest BCUT2D eigenvalue weighted by Crippen LogP contribution is -2.43. The Kier molecular flexibility index (Phi) is 4.83. The van der Waals surface area contributed by atoms with Gasteiger partial charge in [-0.25, -0.2) is 4.39 Å². The summed E-state index contributed by atoms with van der Waals surface area (Å²) in [6.45, 7) is 6.45. The lowest BCUT2D eigenvalue weighted by molar-refractivity contribution is -0.129. The number of amides is 1. The summed E-state index contributed by atoms with van der Waals surface area (Å²) in [5.41, 5.74) is 12.1. The zero-order valence-corrected chi connectivity index (χ0v) is 11.6. The van der Waals surface area contributed by atoms with Crippen LogP contribution in [0.25, 0.3) is 0 Å². The predicted octanol–water partition coefficient (Wildman–Crippen LogP) is 0.723. The highest BCUT2D eigenvalue weighted by atomic mass is 19.1. The second-order valence-corrected chi connectivity index (χ2v) is 5.44. The highest BCUT2D eigenvalue weighted by molar-refractivity contribution is 6.14. The molecule has 1 aliphatic heterocycles. The van der Waals surface area contributed by atoms with Crippen molar-refractivity contribution in [2.75, 3.05) is 19.6 Å².